The van der Waals surface area contributed by atoms with Crippen LogP contribution in [-0.4, -0.2) is 64.3 Å². The number of aliphatic hydroxyl groups is 4. The first-order valence-electron chi connectivity index (χ1n) is 27.5. The number of ether oxygens (including phenoxy) is 1. The molecule has 0 saturated carbocycles. The van der Waals surface area contributed by atoms with Gasteiger partial charge in [0.15, 0.2) is 6.29 Å². The predicted molar refractivity (Wildman–Crippen MR) is 298 cm³/mol. The summed E-state index contributed by atoms with van der Waals surface area (Å²) in [6.45, 7) is 26.2. The number of rotatable bonds is 38. The fourth-order valence-electron chi connectivity index (χ4n) is 8.51. The molecule has 0 aliphatic carbocycles. The first kappa shape index (κ1) is 66.6. The summed E-state index contributed by atoms with van der Waals surface area (Å²) in [4.78, 5) is 12.3. The van der Waals surface area contributed by atoms with Gasteiger partial charge >= 0.3 is 0 Å². The molecule has 408 valence electrons. The van der Waals surface area contributed by atoms with Crippen LogP contribution in [0.25, 0.3) is 0 Å². The van der Waals surface area contributed by atoms with Crippen LogP contribution in [-0.2, 0) is 18.3 Å². The predicted octanol–water partition coefficient (Wildman–Crippen LogP) is 15.7. The number of allylic oxidation sites excluding steroid dienone is 18. The molecule has 7 atom stereocenters. The van der Waals surface area contributed by atoms with E-state index in [4.69, 9.17) is 13.8 Å². The fourth-order valence-corrected chi connectivity index (χ4v) is 9.33. The normalized spacial score (nSPS) is 22.2. The van der Waals surface area contributed by atoms with Crippen molar-refractivity contribution in [3.05, 3.63) is 105 Å². The van der Waals surface area contributed by atoms with Gasteiger partial charge in [0.2, 0.25) is 0 Å². The largest absolute Gasteiger partial charge is 0.756 e. The van der Waals surface area contributed by atoms with Gasteiger partial charge in [-0.15, -0.1) is 0 Å². The highest BCUT2D eigenvalue weighted by molar-refractivity contribution is 7.45. The molecule has 1 fully saturated rings. The summed E-state index contributed by atoms with van der Waals surface area (Å²) in [5, 5.41) is 39.1. The summed E-state index contributed by atoms with van der Waals surface area (Å²) in [6, 6.07) is 0. The molecule has 4 N–H and O–H groups in total. The molecule has 2 unspecified atom stereocenters. The molecule has 1 aliphatic heterocycles. The Morgan fingerprint density at radius 3 is 1.14 bits per heavy atom. The third-order valence-electron chi connectivity index (χ3n) is 13.7. The summed E-state index contributed by atoms with van der Waals surface area (Å²) >= 11 is 0. The van der Waals surface area contributed by atoms with Gasteiger partial charge < -0.3 is 34.6 Å². The number of phosphoric acid groups is 1. The molecule has 1 rings (SSSR count). The van der Waals surface area contributed by atoms with Crippen LogP contribution in [0.5, 0.6) is 0 Å². The van der Waals surface area contributed by atoms with E-state index in [0.717, 1.165) is 102 Å². The van der Waals surface area contributed by atoms with Gasteiger partial charge in [-0.3, -0.25) is 9.09 Å². The van der Waals surface area contributed by atoms with Crippen LogP contribution < -0.4 is 4.89 Å². The zero-order valence-electron chi connectivity index (χ0n) is 47.0. The van der Waals surface area contributed by atoms with E-state index in [1.54, 1.807) is 5.57 Å². The Labute approximate surface area is 434 Å². The maximum absolute atomic E-state index is 12.3. The topological polar surface area (TPSA) is 149 Å². The molecule has 0 amide bonds. The third-order valence-corrected chi connectivity index (χ3v) is 14.7. The van der Waals surface area contributed by atoms with E-state index >= 15 is 0 Å². The molecule has 0 spiro atoms. The first-order valence-corrected chi connectivity index (χ1v) is 28.9. The van der Waals surface area contributed by atoms with Crippen molar-refractivity contribution in [2.75, 3.05) is 13.2 Å². The average molecular weight is 1010 g/mol. The molecule has 10 heteroatoms. The molecule has 0 bridgehead atoms. The number of hydrogen-bond donors (Lipinski definition) is 4. The lowest BCUT2D eigenvalue weighted by molar-refractivity contribution is -0.304. The number of hydrogen-bond acceptors (Lipinski definition) is 9. The summed E-state index contributed by atoms with van der Waals surface area (Å²) in [7, 11) is -4.88. The molecule has 9 nitrogen and oxygen atoms in total. The summed E-state index contributed by atoms with van der Waals surface area (Å²) in [5.41, 5.74) is 13.3. The van der Waals surface area contributed by atoms with Crippen LogP contribution in [0, 0.1) is 11.8 Å². The second-order valence-electron chi connectivity index (χ2n) is 21.6. The molecule has 1 heterocycles. The maximum Gasteiger partial charge on any atom is 0.270 e. The van der Waals surface area contributed by atoms with Crippen LogP contribution in [0.3, 0.4) is 0 Å². The quantitative estimate of drug-likeness (QED) is 0.0350. The van der Waals surface area contributed by atoms with Crippen molar-refractivity contribution in [3.8, 4) is 0 Å². The zero-order valence-corrected chi connectivity index (χ0v) is 47.9. The fraction of sp³-hybridized carbons (Fsp3) is 0.705. The second kappa shape index (κ2) is 39.0. The van der Waals surface area contributed by atoms with Crippen molar-refractivity contribution in [1.29, 1.82) is 0 Å². The van der Waals surface area contributed by atoms with Gasteiger partial charge in [0.05, 0.1) is 13.2 Å². The lowest BCUT2D eigenvalue weighted by Crippen LogP contribution is -2.59. The van der Waals surface area contributed by atoms with Gasteiger partial charge in [0.1, 0.15) is 24.4 Å². The zero-order chi connectivity index (χ0) is 53.2. The van der Waals surface area contributed by atoms with E-state index in [-0.39, 0.29) is 12.5 Å². The molecular formula is C61H104O9P-. The highest BCUT2D eigenvalue weighted by Crippen LogP contribution is 2.43. The van der Waals surface area contributed by atoms with Crippen molar-refractivity contribution < 1.29 is 43.7 Å². The minimum atomic E-state index is -4.88. The van der Waals surface area contributed by atoms with Gasteiger partial charge in [-0.2, -0.15) is 0 Å². The van der Waals surface area contributed by atoms with Crippen LogP contribution in [0.2, 0.25) is 0 Å². The molecule has 0 aromatic carbocycles. The van der Waals surface area contributed by atoms with Crippen LogP contribution in [0.4, 0.5) is 0 Å². The van der Waals surface area contributed by atoms with E-state index in [1.165, 1.54) is 83.1 Å². The van der Waals surface area contributed by atoms with Crippen molar-refractivity contribution in [3.63, 3.8) is 0 Å². The van der Waals surface area contributed by atoms with Gasteiger partial charge in [-0.05, 0) is 209 Å². The Hall–Kier alpha value is -2.43. The van der Waals surface area contributed by atoms with Crippen LogP contribution >= 0.6 is 7.82 Å². The highest BCUT2D eigenvalue weighted by Gasteiger charge is 2.45. The van der Waals surface area contributed by atoms with Crippen molar-refractivity contribution in [2.24, 2.45) is 11.8 Å². The Bertz CT molecular complexity index is 1810. The molecule has 0 aromatic rings. The van der Waals surface area contributed by atoms with E-state index in [1.807, 2.05) is 6.92 Å². The van der Waals surface area contributed by atoms with Crippen molar-refractivity contribution in [1.82, 2.24) is 0 Å². The Kier molecular flexibility index (Phi) is 36.6. The minimum Gasteiger partial charge on any atom is -0.756 e. The number of phosphoric ester groups is 1. The SMILES string of the molecule is C/C(=C/CC/C(C)=C\CC/C(C)=C\CC/C(C)=C\CCC(C)CCOP(=O)([O-])O[C@@H]1O[C@H](CO)[C@@H](O)[C@H](O)[C@@H]1O)CC/C=C(/C)CC/C=C(/C)CC/C=C(/C)CC/C=C(\C)CC/C=C(\C)CCCC(C)C. The molecule has 1 aliphatic rings. The van der Waals surface area contributed by atoms with Crippen LogP contribution in [0.15, 0.2) is 105 Å². The van der Waals surface area contributed by atoms with Gasteiger partial charge in [-0.25, -0.2) is 0 Å². The second-order valence-corrected chi connectivity index (χ2v) is 23.0. The third kappa shape index (κ3) is 34.6. The summed E-state index contributed by atoms with van der Waals surface area (Å²) in [5.74, 6) is 1.01. The average Bonchev–Trinajstić information content (AvgIpc) is 3.29. The van der Waals surface area contributed by atoms with Crippen LogP contribution in [0.1, 0.15) is 224 Å². The lowest BCUT2D eigenvalue weighted by atomic mass is 10.00. The monoisotopic (exact) mass is 1010 g/mol. The highest BCUT2D eigenvalue weighted by atomic mass is 31.2. The molecule has 1 saturated heterocycles. The standard InChI is InChI=1S/C61H105O9P/c1-46(2)23-13-24-47(3)25-14-26-48(4)27-15-28-49(5)29-16-30-50(6)31-17-32-51(7)33-18-34-52(8)35-19-36-53(9)37-20-38-54(10)39-21-40-55(11)41-22-42-56(12)43-44-68-71(66,67)70-61-60(65)59(64)58(63)57(45-62)69-61/h25,27,29,31,33,35,37,39,41,46,56-65H,13-24,26,28,30,32,34,36,38,40,42-45H2,1-12H3,(H,66,67)/p-1/b47-25+,48-27+,49-29-,50-31-,51-33-,52-35-,53-37-,54-39-,55-41-/t56?,57-,58-,59+,60+,61+/m1/s1. The van der Waals surface area contributed by atoms with Gasteiger partial charge in [0, 0.05) is 0 Å². The van der Waals surface area contributed by atoms with E-state index in [2.05, 4.69) is 131 Å². The molecule has 0 aromatic heterocycles. The first-order chi connectivity index (χ1) is 33.6. The van der Waals surface area contributed by atoms with Crippen molar-refractivity contribution in [2.45, 2.75) is 255 Å². The van der Waals surface area contributed by atoms with E-state index in [9.17, 15) is 29.9 Å². The molecule has 0 radical (unpaired) electrons. The number of aliphatic hydroxyl groups excluding tert-OH is 4. The summed E-state index contributed by atoms with van der Waals surface area (Å²) in [6.07, 6.45) is 37.4. The smallest absolute Gasteiger partial charge is 0.270 e. The lowest BCUT2D eigenvalue weighted by Gasteiger charge is -2.41. The molecule has 71 heavy (non-hydrogen) atoms. The maximum atomic E-state index is 12.3. The van der Waals surface area contributed by atoms with Crippen molar-refractivity contribution >= 4 is 7.82 Å². The van der Waals surface area contributed by atoms with E-state index < -0.39 is 45.1 Å². The Morgan fingerprint density at radius 2 is 0.817 bits per heavy atom. The van der Waals surface area contributed by atoms with Gasteiger partial charge in [0.25, 0.3) is 7.82 Å². The Balaban J connectivity index is 2.23. The van der Waals surface area contributed by atoms with Gasteiger partial charge in [-0.1, -0.05) is 132 Å². The summed E-state index contributed by atoms with van der Waals surface area (Å²) < 4.78 is 27.2. The molecular weight excluding hydrogens is 908 g/mol. The van der Waals surface area contributed by atoms with E-state index in [0.29, 0.717) is 6.42 Å². The Morgan fingerprint density at radius 1 is 0.493 bits per heavy atom. The minimum absolute atomic E-state index is 0.107.